The second-order valence-electron chi connectivity index (χ2n) is 4.03. The van der Waals surface area contributed by atoms with Crippen LogP contribution in [0.5, 0.6) is 5.75 Å². The topological polar surface area (TPSA) is 34.2 Å². The summed E-state index contributed by atoms with van der Waals surface area (Å²) in [7, 11) is 1.68. The molecule has 3 nitrogen and oxygen atoms in total. The van der Waals surface area contributed by atoms with E-state index < -0.39 is 0 Å². The Morgan fingerprint density at radius 2 is 2.00 bits per heavy atom. The van der Waals surface area contributed by atoms with Crippen LogP contribution in [0.2, 0.25) is 0 Å². The molecule has 1 aromatic carbocycles. The summed E-state index contributed by atoms with van der Waals surface area (Å²) in [6.07, 6.45) is 0. The van der Waals surface area contributed by atoms with Gasteiger partial charge < -0.3 is 10.1 Å². The molecule has 4 heteroatoms. The molecule has 0 aliphatic heterocycles. The molecule has 0 unspecified atom stereocenters. The summed E-state index contributed by atoms with van der Waals surface area (Å²) in [5.41, 5.74) is 2.30. The van der Waals surface area contributed by atoms with Gasteiger partial charge in [-0.3, -0.25) is 0 Å². The Morgan fingerprint density at radius 1 is 1.28 bits per heavy atom. The standard InChI is InChI=1S/C14H18N2OS/c1-4-15-9-13-16-10(2)14(18-13)11-5-7-12(17-3)8-6-11/h5-8,15H,4,9H2,1-3H3. The summed E-state index contributed by atoms with van der Waals surface area (Å²) in [5, 5.41) is 4.44. The lowest BCUT2D eigenvalue weighted by atomic mass is 10.1. The molecule has 0 fully saturated rings. The van der Waals surface area contributed by atoms with Crippen LogP contribution in [0.1, 0.15) is 17.6 Å². The number of nitrogens with zero attached hydrogens (tertiary/aromatic N) is 1. The second-order valence-corrected chi connectivity index (χ2v) is 5.11. The van der Waals surface area contributed by atoms with Crippen molar-refractivity contribution in [3.05, 3.63) is 35.0 Å². The molecule has 0 aliphatic carbocycles. The monoisotopic (exact) mass is 262 g/mol. The number of ether oxygens (including phenoxy) is 1. The molecule has 0 aliphatic rings. The van der Waals surface area contributed by atoms with Crippen molar-refractivity contribution < 1.29 is 4.74 Å². The van der Waals surface area contributed by atoms with Crippen LogP contribution in [-0.4, -0.2) is 18.6 Å². The van der Waals surface area contributed by atoms with Gasteiger partial charge in [-0.25, -0.2) is 4.98 Å². The zero-order valence-electron chi connectivity index (χ0n) is 11.0. The lowest BCUT2D eigenvalue weighted by Gasteiger charge is -2.01. The van der Waals surface area contributed by atoms with E-state index in [-0.39, 0.29) is 0 Å². The Balaban J connectivity index is 2.23. The average Bonchev–Trinajstić information content (AvgIpc) is 2.78. The molecule has 1 heterocycles. The summed E-state index contributed by atoms with van der Waals surface area (Å²) in [5.74, 6) is 0.883. The molecule has 0 saturated carbocycles. The highest BCUT2D eigenvalue weighted by molar-refractivity contribution is 7.15. The maximum Gasteiger partial charge on any atom is 0.118 e. The Labute approximate surface area is 112 Å². The average molecular weight is 262 g/mol. The molecule has 0 radical (unpaired) electrons. The van der Waals surface area contributed by atoms with Crippen molar-refractivity contribution in [2.45, 2.75) is 20.4 Å². The maximum atomic E-state index is 5.17. The molecule has 0 atom stereocenters. The van der Waals surface area contributed by atoms with Gasteiger partial charge in [-0.2, -0.15) is 0 Å². The van der Waals surface area contributed by atoms with Crippen LogP contribution in [0, 0.1) is 6.92 Å². The Morgan fingerprint density at radius 3 is 2.61 bits per heavy atom. The SMILES string of the molecule is CCNCc1nc(C)c(-c2ccc(OC)cc2)s1. The normalized spacial score (nSPS) is 10.6. The summed E-state index contributed by atoms with van der Waals surface area (Å²) in [6, 6.07) is 8.13. The van der Waals surface area contributed by atoms with Crippen molar-refractivity contribution in [3.8, 4) is 16.2 Å². The first-order valence-corrected chi connectivity index (χ1v) is 6.87. The van der Waals surface area contributed by atoms with Crippen LogP contribution in [0.15, 0.2) is 24.3 Å². The summed E-state index contributed by atoms with van der Waals surface area (Å²) >= 11 is 1.75. The molecule has 0 amide bonds. The molecule has 2 rings (SSSR count). The zero-order chi connectivity index (χ0) is 13.0. The molecule has 0 bridgehead atoms. The fourth-order valence-electron chi connectivity index (χ4n) is 1.77. The fraction of sp³-hybridized carbons (Fsp3) is 0.357. The van der Waals surface area contributed by atoms with Crippen molar-refractivity contribution in [1.82, 2.24) is 10.3 Å². The number of methoxy groups -OCH3 is 1. The van der Waals surface area contributed by atoms with E-state index in [0.717, 1.165) is 29.5 Å². The van der Waals surface area contributed by atoms with Crippen LogP contribution in [0.3, 0.4) is 0 Å². The number of thiazole rings is 1. The lowest BCUT2D eigenvalue weighted by molar-refractivity contribution is 0.415. The van der Waals surface area contributed by atoms with Crippen molar-refractivity contribution in [2.75, 3.05) is 13.7 Å². The lowest BCUT2D eigenvalue weighted by Crippen LogP contribution is -2.11. The largest absolute Gasteiger partial charge is 0.497 e. The van der Waals surface area contributed by atoms with Gasteiger partial charge >= 0.3 is 0 Å². The third-order valence-electron chi connectivity index (χ3n) is 2.72. The minimum Gasteiger partial charge on any atom is -0.497 e. The van der Waals surface area contributed by atoms with Gasteiger partial charge in [0, 0.05) is 6.54 Å². The summed E-state index contributed by atoms with van der Waals surface area (Å²) < 4.78 is 5.17. The molecule has 0 saturated heterocycles. The Bertz CT molecular complexity index is 505. The van der Waals surface area contributed by atoms with Gasteiger partial charge in [0.25, 0.3) is 0 Å². The van der Waals surface area contributed by atoms with Gasteiger partial charge in [0.1, 0.15) is 10.8 Å². The highest BCUT2D eigenvalue weighted by Crippen LogP contribution is 2.31. The summed E-state index contributed by atoms with van der Waals surface area (Å²) in [6.45, 7) is 5.98. The highest BCUT2D eigenvalue weighted by Gasteiger charge is 2.09. The third kappa shape index (κ3) is 2.89. The van der Waals surface area contributed by atoms with Crippen LogP contribution < -0.4 is 10.1 Å². The molecule has 2 aromatic rings. The predicted molar refractivity (Wildman–Crippen MR) is 76.2 cm³/mol. The number of aromatic nitrogens is 1. The molecular formula is C14H18N2OS. The smallest absolute Gasteiger partial charge is 0.118 e. The Kier molecular flexibility index (Phi) is 4.33. The van der Waals surface area contributed by atoms with Gasteiger partial charge in [0.15, 0.2) is 0 Å². The van der Waals surface area contributed by atoms with Crippen molar-refractivity contribution in [1.29, 1.82) is 0 Å². The van der Waals surface area contributed by atoms with E-state index in [1.165, 1.54) is 10.4 Å². The molecule has 18 heavy (non-hydrogen) atoms. The number of nitrogens with one attached hydrogen (secondary N) is 1. The van der Waals surface area contributed by atoms with E-state index in [1.807, 2.05) is 12.1 Å². The van der Waals surface area contributed by atoms with Gasteiger partial charge in [-0.05, 0) is 43.3 Å². The number of hydrogen-bond acceptors (Lipinski definition) is 4. The first kappa shape index (κ1) is 13.1. The van der Waals surface area contributed by atoms with E-state index in [2.05, 4.69) is 36.3 Å². The van der Waals surface area contributed by atoms with Gasteiger partial charge in [-0.15, -0.1) is 11.3 Å². The molecule has 1 N–H and O–H groups in total. The number of hydrogen-bond donors (Lipinski definition) is 1. The number of aryl methyl sites for hydroxylation is 1. The number of benzene rings is 1. The first-order valence-electron chi connectivity index (χ1n) is 6.06. The minimum absolute atomic E-state index is 0.845. The van der Waals surface area contributed by atoms with E-state index in [1.54, 1.807) is 18.4 Å². The van der Waals surface area contributed by atoms with E-state index in [4.69, 9.17) is 4.74 Å². The van der Waals surface area contributed by atoms with E-state index in [9.17, 15) is 0 Å². The molecule has 96 valence electrons. The van der Waals surface area contributed by atoms with Gasteiger partial charge in [-0.1, -0.05) is 6.92 Å². The van der Waals surface area contributed by atoms with E-state index >= 15 is 0 Å². The number of rotatable bonds is 5. The third-order valence-corrected chi connectivity index (χ3v) is 3.93. The first-order chi connectivity index (χ1) is 8.74. The molecule has 1 aromatic heterocycles. The van der Waals surface area contributed by atoms with E-state index in [0.29, 0.717) is 0 Å². The Hall–Kier alpha value is -1.39. The van der Waals surface area contributed by atoms with Gasteiger partial charge in [0.2, 0.25) is 0 Å². The van der Waals surface area contributed by atoms with Crippen molar-refractivity contribution in [3.63, 3.8) is 0 Å². The minimum atomic E-state index is 0.845. The van der Waals surface area contributed by atoms with Crippen molar-refractivity contribution in [2.24, 2.45) is 0 Å². The molecule has 0 spiro atoms. The highest BCUT2D eigenvalue weighted by atomic mass is 32.1. The quantitative estimate of drug-likeness (QED) is 0.898. The van der Waals surface area contributed by atoms with Crippen LogP contribution in [-0.2, 0) is 6.54 Å². The van der Waals surface area contributed by atoms with Crippen LogP contribution >= 0.6 is 11.3 Å². The van der Waals surface area contributed by atoms with Crippen molar-refractivity contribution >= 4 is 11.3 Å². The molecular weight excluding hydrogens is 244 g/mol. The van der Waals surface area contributed by atoms with Crippen LogP contribution in [0.4, 0.5) is 0 Å². The fourth-order valence-corrected chi connectivity index (χ4v) is 2.81. The maximum absolute atomic E-state index is 5.17. The zero-order valence-corrected chi connectivity index (χ0v) is 11.8. The summed E-state index contributed by atoms with van der Waals surface area (Å²) in [4.78, 5) is 5.83. The second kappa shape index (κ2) is 5.98. The van der Waals surface area contributed by atoms with Crippen LogP contribution in [0.25, 0.3) is 10.4 Å². The van der Waals surface area contributed by atoms with Gasteiger partial charge in [0.05, 0.1) is 17.7 Å². The predicted octanol–water partition coefficient (Wildman–Crippen LogP) is 3.24.